The smallest absolute Gasteiger partial charge is 0.340 e. The number of thioether (sulfide) groups is 1. The largest absolute Gasteiger partial charge is 0.343 e. The van der Waals surface area contributed by atoms with E-state index >= 15 is 0 Å². The van der Waals surface area contributed by atoms with Gasteiger partial charge in [-0.15, -0.1) is 16.4 Å². The van der Waals surface area contributed by atoms with Gasteiger partial charge in [0.05, 0.1) is 16.6 Å². The van der Waals surface area contributed by atoms with E-state index in [1.807, 2.05) is 42.5 Å². The average molecular weight is 423 g/mol. The van der Waals surface area contributed by atoms with Crippen molar-refractivity contribution in [2.75, 3.05) is 12.8 Å². The quantitative estimate of drug-likeness (QED) is 0.565. The van der Waals surface area contributed by atoms with Gasteiger partial charge >= 0.3 is 5.69 Å². The van der Waals surface area contributed by atoms with E-state index in [1.165, 1.54) is 23.1 Å². The number of benzene rings is 1. The van der Waals surface area contributed by atoms with E-state index in [2.05, 4.69) is 10.2 Å². The standard InChI is InChI=1S/C18H19ClN4O2S2/c1-22(11-14-7-8-15(19)27-14)16(24)12-26-18-21-20-17(25)23(18)10-9-13-5-3-2-4-6-13/h2-8H,9-12H2,1H3,(H,20,25). The fraction of sp³-hybridized carbons (Fsp3) is 0.278. The number of aryl methyl sites for hydroxylation is 1. The molecule has 3 aromatic rings. The zero-order valence-corrected chi connectivity index (χ0v) is 17.1. The molecule has 0 unspecified atom stereocenters. The van der Waals surface area contributed by atoms with Crippen molar-refractivity contribution >= 4 is 40.6 Å². The van der Waals surface area contributed by atoms with E-state index in [0.29, 0.717) is 22.6 Å². The number of nitrogens with zero attached hydrogens (tertiary/aromatic N) is 3. The van der Waals surface area contributed by atoms with E-state index in [-0.39, 0.29) is 17.3 Å². The van der Waals surface area contributed by atoms with Crippen LogP contribution in [0.5, 0.6) is 0 Å². The van der Waals surface area contributed by atoms with E-state index in [4.69, 9.17) is 11.6 Å². The average Bonchev–Trinajstić information content (AvgIpc) is 3.24. The molecule has 0 aliphatic heterocycles. The molecular weight excluding hydrogens is 404 g/mol. The van der Waals surface area contributed by atoms with Gasteiger partial charge in [-0.25, -0.2) is 9.89 Å². The Morgan fingerprint density at radius 2 is 2.07 bits per heavy atom. The molecule has 142 valence electrons. The van der Waals surface area contributed by atoms with Crippen LogP contribution in [0, 0.1) is 0 Å². The van der Waals surface area contributed by atoms with Crippen molar-refractivity contribution in [1.82, 2.24) is 19.7 Å². The van der Waals surface area contributed by atoms with Gasteiger partial charge in [0, 0.05) is 18.5 Å². The Kier molecular flexibility index (Phi) is 6.76. The van der Waals surface area contributed by atoms with Crippen LogP contribution in [-0.4, -0.2) is 38.4 Å². The number of thiophene rings is 1. The van der Waals surface area contributed by atoms with Crippen LogP contribution in [0.4, 0.5) is 0 Å². The maximum atomic E-state index is 12.4. The maximum Gasteiger partial charge on any atom is 0.343 e. The van der Waals surface area contributed by atoms with Crippen LogP contribution < -0.4 is 5.69 Å². The maximum absolute atomic E-state index is 12.4. The minimum absolute atomic E-state index is 0.0328. The number of amides is 1. The molecule has 2 aromatic heterocycles. The summed E-state index contributed by atoms with van der Waals surface area (Å²) < 4.78 is 2.28. The van der Waals surface area contributed by atoms with Gasteiger partial charge in [-0.3, -0.25) is 9.36 Å². The first-order chi connectivity index (χ1) is 13.0. The Bertz CT molecular complexity index is 952. The molecule has 0 saturated carbocycles. The molecule has 6 nitrogen and oxygen atoms in total. The van der Waals surface area contributed by atoms with Crippen LogP contribution in [0.25, 0.3) is 0 Å². The van der Waals surface area contributed by atoms with E-state index in [9.17, 15) is 9.59 Å². The van der Waals surface area contributed by atoms with Crippen LogP contribution in [0.15, 0.2) is 52.4 Å². The normalized spacial score (nSPS) is 10.9. The van der Waals surface area contributed by atoms with Crippen molar-refractivity contribution in [2.24, 2.45) is 0 Å². The number of carbonyl (C=O) groups is 1. The summed E-state index contributed by atoms with van der Waals surface area (Å²) in [6.45, 7) is 1.03. The fourth-order valence-corrected chi connectivity index (χ4v) is 4.55. The highest BCUT2D eigenvalue weighted by Crippen LogP contribution is 2.23. The first-order valence-electron chi connectivity index (χ1n) is 8.33. The molecule has 0 spiro atoms. The summed E-state index contributed by atoms with van der Waals surface area (Å²) in [4.78, 5) is 27.1. The van der Waals surface area contributed by atoms with Gasteiger partial charge in [0.15, 0.2) is 5.16 Å². The number of halogens is 1. The van der Waals surface area contributed by atoms with Crippen molar-refractivity contribution in [1.29, 1.82) is 0 Å². The lowest BCUT2D eigenvalue weighted by atomic mass is 10.1. The lowest BCUT2D eigenvalue weighted by Gasteiger charge is -2.15. The topological polar surface area (TPSA) is 71.0 Å². The third-order valence-electron chi connectivity index (χ3n) is 3.96. The van der Waals surface area contributed by atoms with Gasteiger partial charge < -0.3 is 4.90 Å². The molecule has 3 rings (SSSR count). The van der Waals surface area contributed by atoms with Gasteiger partial charge in [-0.2, -0.15) is 0 Å². The fourth-order valence-electron chi connectivity index (χ4n) is 2.49. The molecule has 1 amide bonds. The number of aromatic nitrogens is 3. The van der Waals surface area contributed by atoms with Gasteiger partial charge in [0.2, 0.25) is 5.91 Å². The zero-order valence-electron chi connectivity index (χ0n) is 14.7. The number of rotatable bonds is 8. The summed E-state index contributed by atoms with van der Waals surface area (Å²) in [6.07, 6.45) is 0.723. The molecule has 27 heavy (non-hydrogen) atoms. The molecule has 0 saturated heterocycles. The zero-order chi connectivity index (χ0) is 19.2. The van der Waals surface area contributed by atoms with Crippen molar-refractivity contribution in [3.8, 4) is 0 Å². The number of H-pyrrole nitrogens is 1. The molecule has 0 bridgehead atoms. The lowest BCUT2D eigenvalue weighted by Crippen LogP contribution is -2.27. The van der Waals surface area contributed by atoms with Gasteiger partial charge in [0.1, 0.15) is 0 Å². The van der Waals surface area contributed by atoms with Crippen LogP contribution in [-0.2, 0) is 24.3 Å². The number of carbonyl (C=O) groups excluding carboxylic acids is 1. The Hall–Kier alpha value is -2.03. The van der Waals surface area contributed by atoms with Gasteiger partial charge in [-0.05, 0) is 24.1 Å². The van der Waals surface area contributed by atoms with E-state index < -0.39 is 0 Å². The Labute approximate surface area is 170 Å². The second-order valence-electron chi connectivity index (χ2n) is 5.94. The molecule has 0 atom stereocenters. The summed E-state index contributed by atoms with van der Waals surface area (Å²) in [5.74, 6) is 0.181. The van der Waals surface area contributed by atoms with Gasteiger partial charge in [0.25, 0.3) is 0 Å². The van der Waals surface area contributed by atoms with Crippen molar-refractivity contribution < 1.29 is 4.79 Å². The van der Waals surface area contributed by atoms with Crippen molar-refractivity contribution in [3.63, 3.8) is 0 Å². The molecule has 9 heteroatoms. The second-order valence-corrected chi connectivity index (χ2v) is 8.68. The van der Waals surface area contributed by atoms with Crippen LogP contribution in [0.3, 0.4) is 0 Å². The summed E-state index contributed by atoms with van der Waals surface area (Å²) in [5.41, 5.74) is 0.884. The highest BCUT2D eigenvalue weighted by Gasteiger charge is 2.15. The number of aromatic amines is 1. The van der Waals surface area contributed by atoms with Gasteiger partial charge in [-0.1, -0.05) is 53.7 Å². The van der Waals surface area contributed by atoms with Crippen LogP contribution in [0.2, 0.25) is 4.34 Å². The minimum atomic E-state index is -0.262. The van der Waals surface area contributed by atoms with Crippen molar-refractivity contribution in [3.05, 3.63) is 67.7 Å². The van der Waals surface area contributed by atoms with Crippen LogP contribution >= 0.6 is 34.7 Å². The number of nitrogens with one attached hydrogen (secondary N) is 1. The number of hydrogen-bond donors (Lipinski definition) is 1. The second kappa shape index (κ2) is 9.25. The predicted molar refractivity (Wildman–Crippen MR) is 110 cm³/mol. The Morgan fingerprint density at radius 3 is 2.78 bits per heavy atom. The third-order valence-corrected chi connectivity index (χ3v) is 6.14. The first-order valence-corrected chi connectivity index (χ1v) is 10.5. The molecule has 2 heterocycles. The molecule has 1 aromatic carbocycles. The molecule has 1 N–H and O–H groups in total. The Balaban J connectivity index is 1.56. The third kappa shape index (κ3) is 5.47. The van der Waals surface area contributed by atoms with E-state index in [0.717, 1.165) is 16.9 Å². The predicted octanol–water partition coefficient (Wildman–Crippen LogP) is 3.28. The van der Waals surface area contributed by atoms with Crippen molar-refractivity contribution in [2.45, 2.75) is 24.7 Å². The summed E-state index contributed by atoms with van der Waals surface area (Å²) in [7, 11) is 1.75. The lowest BCUT2D eigenvalue weighted by molar-refractivity contribution is -0.127. The summed E-state index contributed by atoms with van der Waals surface area (Å²) in [5, 5.41) is 7.04. The Morgan fingerprint density at radius 1 is 1.30 bits per heavy atom. The molecule has 0 aliphatic carbocycles. The minimum Gasteiger partial charge on any atom is -0.340 e. The monoisotopic (exact) mass is 422 g/mol. The van der Waals surface area contributed by atoms with E-state index in [1.54, 1.807) is 16.5 Å². The van der Waals surface area contributed by atoms with Crippen LogP contribution in [0.1, 0.15) is 10.4 Å². The molecular formula is C18H19ClN4O2S2. The highest BCUT2D eigenvalue weighted by molar-refractivity contribution is 7.99. The highest BCUT2D eigenvalue weighted by atomic mass is 35.5. The molecule has 0 aliphatic rings. The SMILES string of the molecule is CN(Cc1ccc(Cl)s1)C(=O)CSc1n[nH]c(=O)n1CCc1ccccc1. The molecule has 0 radical (unpaired) electrons. The summed E-state index contributed by atoms with van der Waals surface area (Å²) >= 11 is 8.65. The first kappa shape index (κ1) is 19.7. The number of hydrogen-bond acceptors (Lipinski definition) is 5. The molecule has 0 fully saturated rings. The summed E-state index contributed by atoms with van der Waals surface area (Å²) in [6, 6.07) is 13.7.